The first-order valence-corrected chi connectivity index (χ1v) is 10.5. The van der Waals surface area contributed by atoms with Crippen LogP contribution in [0, 0.1) is 0 Å². The number of nitrogens with zero attached hydrogens (tertiary/aromatic N) is 4. The van der Waals surface area contributed by atoms with Crippen LogP contribution in [0.25, 0.3) is 17.1 Å². The van der Waals surface area contributed by atoms with Crippen LogP contribution in [0.4, 0.5) is 0 Å². The van der Waals surface area contributed by atoms with Crippen LogP contribution < -0.4 is 4.74 Å². The number of aromatic nitrogens is 4. The third-order valence-electron chi connectivity index (χ3n) is 4.27. The summed E-state index contributed by atoms with van der Waals surface area (Å²) in [5.41, 5.74) is 2.85. The molecule has 0 aliphatic heterocycles. The minimum atomic E-state index is 0.616. The molecule has 0 bridgehead atoms. The highest BCUT2D eigenvalue weighted by Gasteiger charge is 2.17. The molecule has 0 aliphatic rings. The van der Waals surface area contributed by atoms with Crippen molar-refractivity contribution >= 4 is 35.0 Å². The fraction of sp³-hybridized carbons (Fsp3) is 0.0952. The standard InChI is InChI=1S/C21H16Cl2N4OS/c1-28-18-6-4-17(5-7-18)27-20(14-8-10-24-11-9-14)25-26-21(27)29-13-15-2-3-16(22)12-19(15)23/h2-12H,13H2,1H3. The van der Waals surface area contributed by atoms with E-state index < -0.39 is 0 Å². The first-order valence-electron chi connectivity index (χ1n) is 8.72. The van der Waals surface area contributed by atoms with Crippen LogP contribution in [0.5, 0.6) is 5.75 Å². The highest BCUT2D eigenvalue weighted by molar-refractivity contribution is 7.98. The molecule has 29 heavy (non-hydrogen) atoms. The van der Waals surface area contributed by atoms with Crippen molar-refractivity contribution in [3.63, 3.8) is 0 Å². The summed E-state index contributed by atoms with van der Waals surface area (Å²) in [5, 5.41) is 10.9. The largest absolute Gasteiger partial charge is 0.497 e. The number of halogens is 2. The van der Waals surface area contributed by atoms with Gasteiger partial charge in [-0.15, -0.1) is 10.2 Å². The zero-order chi connectivity index (χ0) is 20.2. The topological polar surface area (TPSA) is 52.8 Å². The monoisotopic (exact) mass is 442 g/mol. The summed E-state index contributed by atoms with van der Waals surface area (Å²) in [6.07, 6.45) is 3.48. The fourth-order valence-corrected chi connectivity index (χ4v) is 4.31. The van der Waals surface area contributed by atoms with Gasteiger partial charge < -0.3 is 4.74 Å². The number of hydrogen-bond acceptors (Lipinski definition) is 5. The molecule has 2 heterocycles. The summed E-state index contributed by atoms with van der Waals surface area (Å²) in [4.78, 5) is 4.09. The molecule has 0 spiro atoms. The maximum atomic E-state index is 6.33. The molecule has 0 N–H and O–H groups in total. The summed E-state index contributed by atoms with van der Waals surface area (Å²) >= 11 is 13.9. The van der Waals surface area contributed by atoms with Crippen molar-refractivity contribution in [1.82, 2.24) is 19.7 Å². The van der Waals surface area contributed by atoms with Crippen LogP contribution in [0.2, 0.25) is 10.0 Å². The van der Waals surface area contributed by atoms with E-state index in [9.17, 15) is 0 Å². The van der Waals surface area contributed by atoms with Gasteiger partial charge in [0.25, 0.3) is 0 Å². The fourth-order valence-electron chi connectivity index (χ4n) is 2.80. The predicted molar refractivity (Wildman–Crippen MR) is 117 cm³/mol. The van der Waals surface area contributed by atoms with Gasteiger partial charge in [-0.05, 0) is 54.1 Å². The second-order valence-electron chi connectivity index (χ2n) is 6.10. The van der Waals surface area contributed by atoms with E-state index in [-0.39, 0.29) is 0 Å². The maximum absolute atomic E-state index is 6.33. The second-order valence-corrected chi connectivity index (χ2v) is 7.89. The molecule has 146 valence electrons. The van der Waals surface area contributed by atoms with E-state index in [1.165, 1.54) is 0 Å². The second kappa shape index (κ2) is 8.86. The highest BCUT2D eigenvalue weighted by atomic mass is 35.5. The Morgan fingerprint density at radius 1 is 0.966 bits per heavy atom. The average Bonchev–Trinajstić information content (AvgIpc) is 3.18. The van der Waals surface area contributed by atoms with Crippen LogP contribution >= 0.6 is 35.0 Å². The van der Waals surface area contributed by atoms with Gasteiger partial charge >= 0.3 is 0 Å². The minimum Gasteiger partial charge on any atom is -0.497 e. The van der Waals surface area contributed by atoms with E-state index in [1.54, 1.807) is 37.3 Å². The van der Waals surface area contributed by atoms with E-state index in [2.05, 4.69) is 15.2 Å². The summed E-state index contributed by atoms with van der Waals surface area (Å²) in [7, 11) is 1.65. The average molecular weight is 443 g/mol. The lowest BCUT2D eigenvalue weighted by Gasteiger charge is -2.11. The molecule has 2 aromatic carbocycles. The van der Waals surface area contributed by atoms with Crippen molar-refractivity contribution in [3.05, 3.63) is 82.6 Å². The van der Waals surface area contributed by atoms with Gasteiger partial charge in [-0.1, -0.05) is 41.0 Å². The van der Waals surface area contributed by atoms with Crippen LogP contribution in [0.1, 0.15) is 5.56 Å². The van der Waals surface area contributed by atoms with Gasteiger partial charge in [0.2, 0.25) is 0 Å². The molecule has 0 fully saturated rings. The third-order valence-corrected chi connectivity index (χ3v) is 5.84. The summed E-state index contributed by atoms with van der Waals surface area (Å²) < 4.78 is 7.30. The van der Waals surface area contributed by atoms with Gasteiger partial charge in [-0.25, -0.2) is 0 Å². The van der Waals surface area contributed by atoms with Gasteiger partial charge in [-0.2, -0.15) is 0 Å². The highest BCUT2D eigenvalue weighted by Crippen LogP contribution is 2.32. The molecular weight excluding hydrogens is 427 g/mol. The van der Waals surface area contributed by atoms with Crippen LogP contribution in [-0.4, -0.2) is 26.9 Å². The minimum absolute atomic E-state index is 0.616. The van der Waals surface area contributed by atoms with E-state index in [1.807, 2.05) is 53.1 Å². The first-order chi connectivity index (χ1) is 14.2. The number of rotatable bonds is 6. The number of benzene rings is 2. The zero-order valence-corrected chi connectivity index (χ0v) is 17.7. The molecular formula is C21H16Cl2N4OS. The smallest absolute Gasteiger partial charge is 0.196 e. The Labute approximate surface area is 182 Å². The van der Waals surface area contributed by atoms with Crippen molar-refractivity contribution in [2.75, 3.05) is 7.11 Å². The molecule has 4 aromatic rings. The molecule has 2 aromatic heterocycles. The van der Waals surface area contributed by atoms with E-state index in [0.717, 1.165) is 33.5 Å². The summed E-state index contributed by atoms with van der Waals surface area (Å²) in [6.45, 7) is 0. The Morgan fingerprint density at radius 2 is 1.72 bits per heavy atom. The molecule has 0 saturated carbocycles. The van der Waals surface area contributed by atoms with Gasteiger partial charge in [0.05, 0.1) is 7.11 Å². The number of pyridine rings is 1. The van der Waals surface area contributed by atoms with Gasteiger partial charge in [0.15, 0.2) is 11.0 Å². The third kappa shape index (κ3) is 4.40. The Bertz CT molecular complexity index is 1120. The van der Waals surface area contributed by atoms with Crippen molar-refractivity contribution in [1.29, 1.82) is 0 Å². The van der Waals surface area contributed by atoms with Crippen molar-refractivity contribution in [3.8, 4) is 22.8 Å². The number of methoxy groups -OCH3 is 1. The Hall–Kier alpha value is -2.54. The number of ether oxygens (including phenoxy) is 1. The van der Waals surface area contributed by atoms with E-state index >= 15 is 0 Å². The van der Waals surface area contributed by atoms with Gasteiger partial charge in [0, 0.05) is 39.4 Å². The maximum Gasteiger partial charge on any atom is 0.196 e. The number of thioether (sulfide) groups is 1. The van der Waals surface area contributed by atoms with Crippen molar-refractivity contribution in [2.24, 2.45) is 0 Å². The van der Waals surface area contributed by atoms with Crippen LogP contribution in [0.3, 0.4) is 0 Å². The molecule has 0 radical (unpaired) electrons. The Kier molecular flexibility index (Phi) is 6.04. The SMILES string of the molecule is COc1ccc(-n2c(SCc3ccc(Cl)cc3Cl)nnc2-c2ccncc2)cc1. The normalized spacial score (nSPS) is 10.9. The quantitative estimate of drug-likeness (QED) is 0.346. The summed E-state index contributed by atoms with van der Waals surface area (Å²) in [6, 6.07) is 17.1. The number of hydrogen-bond donors (Lipinski definition) is 0. The molecule has 0 aliphatic carbocycles. The molecule has 4 rings (SSSR count). The lowest BCUT2D eigenvalue weighted by molar-refractivity contribution is 0.414. The van der Waals surface area contributed by atoms with Crippen molar-refractivity contribution < 1.29 is 4.74 Å². The molecule has 5 nitrogen and oxygen atoms in total. The zero-order valence-electron chi connectivity index (χ0n) is 15.4. The van der Waals surface area contributed by atoms with Gasteiger partial charge in [-0.3, -0.25) is 9.55 Å². The van der Waals surface area contributed by atoms with Gasteiger partial charge in [0.1, 0.15) is 5.75 Å². The first kappa shape index (κ1) is 19.8. The summed E-state index contributed by atoms with van der Waals surface area (Å²) in [5.74, 6) is 2.16. The molecule has 0 amide bonds. The molecule has 0 unspecified atom stereocenters. The lowest BCUT2D eigenvalue weighted by Crippen LogP contribution is -2.00. The van der Waals surface area contributed by atoms with E-state index in [4.69, 9.17) is 27.9 Å². The lowest BCUT2D eigenvalue weighted by atomic mass is 10.2. The Balaban J connectivity index is 1.72. The molecule has 0 saturated heterocycles. The van der Waals surface area contributed by atoms with Crippen LogP contribution in [-0.2, 0) is 5.75 Å². The molecule has 0 atom stereocenters. The predicted octanol–water partition coefficient (Wildman–Crippen LogP) is 5.94. The van der Waals surface area contributed by atoms with Crippen LogP contribution in [0.15, 0.2) is 72.1 Å². The molecule has 8 heteroatoms. The van der Waals surface area contributed by atoms with E-state index in [0.29, 0.717) is 15.8 Å². The Morgan fingerprint density at radius 3 is 2.41 bits per heavy atom. The van der Waals surface area contributed by atoms with Crippen molar-refractivity contribution in [2.45, 2.75) is 10.9 Å².